The molecule has 1 aliphatic rings. The third-order valence-electron chi connectivity index (χ3n) is 3.83. The summed E-state index contributed by atoms with van der Waals surface area (Å²) in [5.41, 5.74) is 7.47. The summed E-state index contributed by atoms with van der Waals surface area (Å²) >= 11 is 1.18. The van der Waals surface area contributed by atoms with Gasteiger partial charge in [-0.15, -0.1) is 0 Å². The Morgan fingerprint density at radius 2 is 2.30 bits per heavy atom. The minimum Gasteiger partial charge on any atom is -0.375 e. The van der Waals surface area contributed by atoms with Crippen LogP contribution in [0.5, 0.6) is 0 Å². The maximum atomic E-state index is 11.1. The molecule has 20 heavy (non-hydrogen) atoms. The zero-order chi connectivity index (χ0) is 14.3. The van der Waals surface area contributed by atoms with Crippen molar-refractivity contribution in [2.75, 3.05) is 17.2 Å². The number of anilines is 2. The van der Waals surface area contributed by atoms with Gasteiger partial charge in [-0.05, 0) is 32.3 Å². The Bertz CT molecular complexity index is 670. The Balaban J connectivity index is 2.17. The van der Waals surface area contributed by atoms with Gasteiger partial charge in [0.05, 0.1) is 10.6 Å². The zero-order valence-electron chi connectivity index (χ0n) is 11.2. The van der Waals surface area contributed by atoms with Crippen molar-refractivity contribution < 1.29 is 4.92 Å². The fraction of sp³-hybridized carbons (Fsp3) is 0.462. The summed E-state index contributed by atoms with van der Waals surface area (Å²) in [6, 6.07) is 3.80. The maximum absolute atomic E-state index is 11.1. The molecule has 2 N–H and O–H groups in total. The number of nitrogens with two attached hydrogens (primary N) is 1. The molecule has 0 spiro atoms. The van der Waals surface area contributed by atoms with E-state index in [4.69, 9.17) is 5.73 Å². The lowest BCUT2D eigenvalue weighted by Gasteiger charge is -2.35. The van der Waals surface area contributed by atoms with Gasteiger partial charge in [-0.25, -0.2) is 4.98 Å². The number of rotatable bonds is 2. The van der Waals surface area contributed by atoms with Gasteiger partial charge in [-0.1, -0.05) is 11.3 Å². The van der Waals surface area contributed by atoms with E-state index in [1.54, 1.807) is 12.1 Å². The van der Waals surface area contributed by atoms with Gasteiger partial charge in [0.25, 0.3) is 5.69 Å². The number of nitro benzene ring substituents is 1. The van der Waals surface area contributed by atoms with E-state index >= 15 is 0 Å². The van der Waals surface area contributed by atoms with Gasteiger partial charge in [-0.3, -0.25) is 10.1 Å². The molecule has 0 unspecified atom stereocenters. The first kappa shape index (κ1) is 13.1. The van der Waals surface area contributed by atoms with E-state index in [9.17, 15) is 10.1 Å². The molecular weight excluding hydrogens is 276 g/mol. The summed E-state index contributed by atoms with van der Waals surface area (Å²) in [5.74, 6) is 0. The molecule has 0 bridgehead atoms. The van der Waals surface area contributed by atoms with Crippen LogP contribution in [0.3, 0.4) is 0 Å². The molecule has 1 aromatic carbocycles. The lowest BCUT2D eigenvalue weighted by atomic mass is 10.0. The molecule has 3 rings (SSSR count). The van der Waals surface area contributed by atoms with Crippen molar-refractivity contribution in [1.29, 1.82) is 0 Å². The second-order valence-corrected chi connectivity index (χ2v) is 6.16. The van der Waals surface area contributed by atoms with Crippen LogP contribution in [0.2, 0.25) is 0 Å². The Hall–Kier alpha value is -1.89. The topological polar surface area (TPSA) is 85.3 Å². The average Bonchev–Trinajstić information content (AvgIpc) is 2.79. The first-order chi connectivity index (χ1) is 9.58. The molecule has 0 aliphatic carbocycles. The molecule has 0 radical (unpaired) electrons. The van der Waals surface area contributed by atoms with Gasteiger partial charge in [0, 0.05) is 18.7 Å². The van der Waals surface area contributed by atoms with Crippen molar-refractivity contribution >= 4 is 38.1 Å². The Labute approximate surface area is 120 Å². The lowest BCUT2D eigenvalue weighted by molar-refractivity contribution is -0.382. The summed E-state index contributed by atoms with van der Waals surface area (Å²) in [5, 5.41) is 11.5. The summed E-state index contributed by atoms with van der Waals surface area (Å²) < 4.78 is 0.572. The molecule has 2 aromatic rings. The molecule has 1 saturated heterocycles. The number of fused-ring (bicyclic) bond motifs is 1. The first-order valence-electron chi connectivity index (χ1n) is 6.68. The van der Waals surface area contributed by atoms with Crippen molar-refractivity contribution in [3.63, 3.8) is 0 Å². The monoisotopic (exact) mass is 292 g/mol. The maximum Gasteiger partial charge on any atom is 0.288 e. The van der Waals surface area contributed by atoms with E-state index in [0.29, 0.717) is 21.4 Å². The van der Waals surface area contributed by atoms with Gasteiger partial charge < -0.3 is 10.6 Å². The second kappa shape index (κ2) is 4.90. The van der Waals surface area contributed by atoms with Gasteiger partial charge in [-0.2, -0.15) is 0 Å². The number of nitro groups is 1. The molecule has 1 fully saturated rings. The fourth-order valence-corrected chi connectivity index (χ4v) is 3.67. The van der Waals surface area contributed by atoms with Crippen LogP contribution >= 0.6 is 11.3 Å². The third-order valence-corrected chi connectivity index (χ3v) is 4.73. The van der Waals surface area contributed by atoms with Crippen molar-refractivity contribution in [2.45, 2.75) is 32.2 Å². The number of aromatic nitrogens is 1. The van der Waals surface area contributed by atoms with Crippen LogP contribution in [-0.4, -0.2) is 22.5 Å². The first-order valence-corrected chi connectivity index (χ1v) is 7.49. The Morgan fingerprint density at radius 1 is 1.50 bits per heavy atom. The summed E-state index contributed by atoms with van der Waals surface area (Å²) in [6.45, 7) is 3.15. The zero-order valence-corrected chi connectivity index (χ0v) is 12.0. The summed E-state index contributed by atoms with van der Waals surface area (Å²) in [7, 11) is 0. The fourth-order valence-electron chi connectivity index (χ4n) is 2.83. The number of hydrogen-bond acceptors (Lipinski definition) is 6. The normalized spacial score (nSPS) is 19.4. The number of benzene rings is 1. The van der Waals surface area contributed by atoms with Crippen LogP contribution in [0, 0.1) is 10.1 Å². The molecule has 1 aliphatic heterocycles. The van der Waals surface area contributed by atoms with Crippen LogP contribution in [0.1, 0.15) is 26.2 Å². The third kappa shape index (κ3) is 2.07. The molecule has 0 saturated carbocycles. The van der Waals surface area contributed by atoms with Gasteiger partial charge in [0.2, 0.25) is 0 Å². The van der Waals surface area contributed by atoms with E-state index in [2.05, 4.69) is 16.8 Å². The molecule has 1 atom stereocenters. The minimum atomic E-state index is -0.372. The van der Waals surface area contributed by atoms with E-state index in [1.807, 2.05) is 0 Å². The van der Waals surface area contributed by atoms with Crippen molar-refractivity contribution in [3.05, 3.63) is 22.2 Å². The van der Waals surface area contributed by atoms with Crippen molar-refractivity contribution in [3.8, 4) is 0 Å². The molecule has 6 nitrogen and oxygen atoms in total. The quantitative estimate of drug-likeness (QED) is 0.678. The molecule has 1 aromatic heterocycles. The Morgan fingerprint density at radius 3 is 3.00 bits per heavy atom. The number of non-ortho nitro benzene ring substituents is 1. The van der Waals surface area contributed by atoms with Crippen LogP contribution in [0.25, 0.3) is 10.2 Å². The largest absolute Gasteiger partial charge is 0.375 e. The molecule has 2 heterocycles. The Kier molecular flexibility index (Phi) is 3.21. The summed E-state index contributed by atoms with van der Waals surface area (Å²) in [6.07, 6.45) is 3.51. The molecule has 106 valence electrons. The average molecular weight is 292 g/mol. The number of thiazole rings is 1. The van der Waals surface area contributed by atoms with Gasteiger partial charge in [0.1, 0.15) is 10.2 Å². The van der Waals surface area contributed by atoms with Gasteiger partial charge in [0.15, 0.2) is 5.13 Å². The van der Waals surface area contributed by atoms with Crippen molar-refractivity contribution in [1.82, 2.24) is 4.98 Å². The SMILES string of the molecule is C[C@@H]1CCCCN1c1ccc([N+](=O)[O-])c2sc(N)nc12. The number of nitrogens with zero attached hydrogens (tertiary/aromatic N) is 3. The van der Waals surface area contributed by atoms with Crippen LogP contribution in [-0.2, 0) is 0 Å². The molecular formula is C13H16N4O2S. The molecule has 0 amide bonds. The van der Waals surface area contributed by atoms with Crippen LogP contribution in [0.4, 0.5) is 16.5 Å². The summed E-state index contributed by atoms with van der Waals surface area (Å²) in [4.78, 5) is 17.3. The van der Waals surface area contributed by atoms with E-state index in [-0.39, 0.29) is 10.6 Å². The highest BCUT2D eigenvalue weighted by Gasteiger charge is 2.25. The van der Waals surface area contributed by atoms with E-state index < -0.39 is 0 Å². The highest BCUT2D eigenvalue weighted by atomic mass is 32.1. The molecule has 7 heteroatoms. The highest BCUT2D eigenvalue weighted by Crippen LogP contribution is 2.39. The number of hydrogen-bond donors (Lipinski definition) is 1. The lowest BCUT2D eigenvalue weighted by Crippen LogP contribution is -2.37. The standard InChI is InChI=1S/C13H16N4O2S/c1-8-4-2-3-7-16(8)9-5-6-10(17(18)19)12-11(9)15-13(14)20-12/h5-6,8H,2-4,7H2,1H3,(H2,14,15)/t8-/m1/s1. The van der Waals surface area contributed by atoms with E-state index in [1.165, 1.54) is 17.8 Å². The smallest absolute Gasteiger partial charge is 0.288 e. The van der Waals surface area contributed by atoms with Gasteiger partial charge >= 0.3 is 0 Å². The van der Waals surface area contributed by atoms with Crippen LogP contribution in [0.15, 0.2) is 12.1 Å². The second-order valence-electron chi connectivity index (χ2n) is 5.13. The van der Waals surface area contributed by atoms with Crippen molar-refractivity contribution in [2.24, 2.45) is 0 Å². The van der Waals surface area contributed by atoms with E-state index in [0.717, 1.165) is 25.1 Å². The number of piperidine rings is 1. The predicted molar refractivity (Wildman–Crippen MR) is 81.3 cm³/mol. The highest BCUT2D eigenvalue weighted by molar-refractivity contribution is 7.22. The predicted octanol–water partition coefficient (Wildman–Crippen LogP) is 3.17. The number of nitrogen functional groups attached to an aromatic ring is 1. The van der Waals surface area contributed by atoms with Crippen LogP contribution < -0.4 is 10.6 Å². The minimum absolute atomic E-state index is 0.0858.